The molecule has 0 aromatic carbocycles. The number of aromatic nitrogens is 3. The highest BCUT2D eigenvalue weighted by atomic mass is 16.5. The fourth-order valence-corrected chi connectivity index (χ4v) is 2.46. The number of methoxy groups -OCH3 is 1. The van der Waals surface area contributed by atoms with Crippen molar-refractivity contribution in [3.63, 3.8) is 0 Å². The Morgan fingerprint density at radius 3 is 2.50 bits per heavy atom. The first-order valence-electron chi connectivity index (χ1n) is 8.09. The number of nitrogens with one attached hydrogen (secondary N) is 1. The van der Waals surface area contributed by atoms with E-state index >= 15 is 0 Å². The van der Waals surface area contributed by atoms with Crippen molar-refractivity contribution in [2.24, 2.45) is 0 Å². The largest absolute Gasteiger partial charge is 0.480 e. The molecule has 0 radical (unpaired) electrons. The lowest BCUT2D eigenvalue weighted by atomic mass is 10.2. The fourth-order valence-electron chi connectivity index (χ4n) is 2.46. The number of ether oxygens (including phenoxy) is 1. The first-order chi connectivity index (χ1) is 12.8. The van der Waals surface area contributed by atoms with Crippen molar-refractivity contribution >= 4 is 11.7 Å². The molecule has 3 aromatic rings. The Morgan fingerprint density at radius 2 is 1.77 bits per heavy atom. The smallest absolute Gasteiger partial charge is 0.322 e. The van der Waals surface area contributed by atoms with Gasteiger partial charge in [0.05, 0.1) is 7.11 Å². The Hall–Kier alpha value is -3.48. The molecule has 7 heteroatoms. The van der Waals surface area contributed by atoms with E-state index in [2.05, 4.69) is 20.3 Å². The summed E-state index contributed by atoms with van der Waals surface area (Å²) in [5.41, 5.74) is 2.44. The van der Waals surface area contributed by atoms with Gasteiger partial charge in [-0.25, -0.2) is 9.78 Å². The number of amides is 2. The van der Waals surface area contributed by atoms with E-state index in [1.54, 1.807) is 48.0 Å². The summed E-state index contributed by atoms with van der Waals surface area (Å²) in [6, 6.07) is 10.8. The van der Waals surface area contributed by atoms with E-state index in [1.165, 1.54) is 7.11 Å². The number of urea groups is 1. The van der Waals surface area contributed by atoms with Crippen LogP contribution in [0.3, 0.4) is 0 Å². The first kappa shape index (κ1) is 17.3. The van der Waals surface area contributed by atoms with Crippen LogP contribution >= 0.6 is 0 Å². The van der Waals surface area contributed by atoms with Crippen LogP contribution < -0.4 is 10.1 Å². The van der Waals surface area contributed by atoms with E-state index in [-0.39, 0.29) is 6.03 Å². The normalized spacial score (nSPS) is 10.2. The van der Waals surface area contributed by atoms with E-state index in [4.69, 9.17) is 4.74 Å². The lowest BCUT2D eigenvalue weighted by Gasteiger charge is -2.23. The van der Waals surface area contributed by atoms with Gasteiger partial charge in [-0.15, -0.1) is 0 Å². The molecular formula is C19H19N5O2. The Bertz CT molecular complexity index is 801. The number of hydrogen-bond acceptors (Lipinski definition) is 5. The van der Waals surface area contributed by atoms with Gasteiger partial charge in [-0.05, 0) is 41.5 Å². The van der Waals surface area contributed by atoms with Crippen molar-refractivity contribution in [2.45, 2.75) is 13.1 Å². The minimum atomic E-state index is -0.253. The van der Waals surface area contributed by atoms with Gasteiger partial charge in [-0.1, -0.05) is 6.07 Å². The predicted octanol–water partition coefficient (Wildman–Crippen LogP) is 3.11. The number of nitrogens with zero attached hydrogens (tertiary/aromatic N) is 4. The maximum atomic E-state index is 12.9. The maximum absolute atomic E-state index is 12.9. The highest BCUT2D eigenvalue weighted by Crippen LogP contribution is 2.21. The van der Waals surface area contributed by atoms with Crippen LogP contribution in [-0.4, -0.2) is 33.0 Å². The third-order valence-electron chi connectivity index (χ3n) is 3.71. The fraction of sp³-hybridized carbons (Fsp3) is 0.158. The van der Waals surface area contributed by atoms with Gasteiger partial charge in [0, 0.05) is 44.1 Å². The molecule has 0 saturated carbocycles. The average Bonchev–Trinajstić information content (AvgIpc) is 2.69. The van der Waals surface area contributed by atoms with Crippen LogP contribution in [0, 0.1) is 0 Å². The topological polar surface area (TPSA) is 80.2 Å². The molecule has 1 N–H and O–H groups in total. The Kier molecular flexibility index (Phi) is 5.72. The van der Waals surface area contributed by atoms with Gasteiger partial charge >= 0.3 is 6.03 Å². The third kappa shape index (κ3) is 4.54. The number of rotatable bonds is 6. The van der Waals surface area contributed by atoms with Crippen LogP contribution in [0.1, 0.15) is 11.1 Å². The minimum absolute atomic E-state index is 0.253. The quantitative estimate of drug-likeness (QED) is 0.739. The first-order valence-corrected chi connectivity index (χ1v) is 8.09. The van der Waals surface area contributed by atoms with Crippen LogP contribution in [0.15, 0.2) is 67.4 Å². The predicted molar refractivity (Wildman–Crippen MR) is 97.5 cm³/mol. The molecule has 26 heavy (non-hydrogen) atoms. The molecule has 132 valence electrons. The molecule has 0 aliphatic heterocycles. The molecule has 0 saturated heterocycles. The zero-order chi connectivity index (χ0) is 18.2. The van der Waals surface area contributed by atoms with Gasteiger partial charge in [0.25, 0.3) is 0 Å². The van der Waals surface area contributed by atoms with Crippen LogP contribution in [0.5, 0.6) is 5.88 Å². The summed E-state index contributed by atoms with van der Waals surface area (Å²) in [6.07, 6.45) is 8.48. The van der Waals surface area contributed by atoms with Crippen molar-refractivity contribution < 1.29 is 9.53 Å². The summed E-state index contributed by atoms with van der Waals surface area (Å²) in [5.74, 6) is 0.367. The highest BCUT2D eigenvalue weighted by Gasteiger charge is 2.17. The number of carbonyl (C=O) groups is 1. The van der Waals surface area contributed by atoms with Crippen molar-refractivity contribution in [1.29, 1.82) is 0 Å². The van der Waals surface area contributed by atoms with Gasteiger partial charge in [-0.3, -0.25) is 9.97 Å². The van der Waals surface area contributed by atoms with Crippen molar-refractivity contribution in [2.75, 3.05) is 12.4 Å². The lowest BCUT2D eigenvalue weighted by Crippen LogP contribution is -2.34. The van der Waals surface area contributed by atoms with Crippen LogP contribution in [0.2, 0.25) is 0 Å². The molecular weight excluding hydrogens is 330 g/mol. The molecule has 3 heterocycles. The van der Waals surface area contributed by atoms with E-state index in [0.29, 0.717) is 24.7 Å². The van der Waals surface area contributed by atoms with Gasteiger partial charge < -0.3 is 15.0 Å². The Labute approximate surface area is 151 Å². The third-order valence-corrected chi connectivity index (χ3v) is 3.71. The van der Waals surface area contributed by atoms with E-state index < -0.39 is 0 Å². The number of hydrogen-bond donors (Lipinski definition) is 1. The minimum Gasteiger partial charge on any atom is -0.480 e. The second-order valence-corrected chi connectivity index (χ2v) is 5.56. The van der Waals surface area contributed by atoms with Crippen LogP contribution in [0.4, 0.5) is 10.5 Å². The molecule has 0 unspecified atom stereocenters. The SMILES string of the molecule is COc1ncccc1NC(=O)N(Cc1ccncc1)Cc1cccnc1. The summed E-state index contributed by atoms with van der Waals surface area (Å²) in [4.78, 5) is 26.8. The summed E-state index contributed by atoms with van der Waals surface area (Å²) in [7, 11) is 1.52. The lowest BCUT2D eigenvalue weighted by molar-refractivity contribution is 0.206. The van der Waals surface area contributed by atoms with Gasteiger partial charge in [0.1, 0.15) is 5.69 Å². The molecule has 7 nitrogen and oxygen atoms in total. The standard InChI is InChI=1S/C19H19N5O2/c1-26-18-17(5-3-9-22-18)23-19(25)24(13-15-6-10-20-11-7-15)14-16-4-2-8-21-12-16/h2-12H,13-14H2,1H3,(H,23,25). The summed E-state index contributed by atoms with van der Waals surface area (Å²) < 4.78 is 5.20. The molecule has 0 bridgehead atoms. The van der Waals surface area contributed by atoms with E-state index in [9.17, 15) is 4.79 Å². The Balaban J connectivity index is 1.80. The molecule has 2 amide bonds. The van der Waals surface area contributed by atoms with Crippen molar-refractivity contribution in [1.82, 2.24) is 19.9 Å². The molecule has 3 rings (SSSR count). The van der Waals surface area contributed by atoms with Crippen molar-refractivity contribution in [3.8, 4) is 5.88 Å². The summed E-state index contributed by atoms with van der Waals surface area (Å²) in [5, 5.41) is 2.87. The number of carbonyl (C=O) groups excluding carboxylic acids is 1. The maximum Gasteiger partial charge on any atom is 0.322 e. The molecule has 0 aliphatic rings. The average molecular weight is 349 g/mol. The highest BCUT2D eigenvalue weighted by molar-refractivity contribution is 5.90. The van der Waals surface area contributed by atoms with Crippen LogP contribution in [-0.2, 0) is 13.1 Å². The Morgan fingerprint density at radius 1 is 1.00 bits per heavy atom. The summed E-state index contributed by atoms with van der Waals surface area (Å²) >= 11 is 0. The van der Waals surface area contributed by atoms with Gasteiger partial charge in [0.2, 0.25) is 5.88 Å². The second-order valence-electron chi connectivity index (χ2n) is 5.56. The van der Waals surface area contributed by atoms with E-state index in [1.807, 2.05) is 24.3 Å². The monoisotopic (exact) mass is 349 g/mol. The second kappa shape index (κ2) is 8.57. The van der Waals surface area contributed by atoms with Gasteiger partial charge in [-0.2, -0.15) is 0 Å². The number of pyridine rings is 3. The zero-order valence-electron chi connectivity index (χ0n) is 14.4. The van der Waals surface area contributed by atoms with Crippen molar-refractivity contribution in [3.05, 3.63) is 78.5 Å². The van der Waals surface area contributed by atoms with Crippen LogP contribution in [0.25, 0.3) is 0 Å². The molecule has 0 fully saturated rings. The number of anilines is 1. The van der Waals surface area contributed by atoms with Gasteiger partial charge in [0.15, 0.2) is 0 Å². The molecule has 3 aromatic heterocycles. The van der Waals surface area contributed by atoms with E-state index in [0.717, 1.165) is 11.1 Å². The molecule has 0 spiro atoms. The zero-order valence-corrected chi connectivity index (χ0v) is 14.4. The molecule has 0 aliphatic carbocycles. The summed E-state index contributed by atoms with van der Waals surface area (Å²) in [6.45, 7) is 0.858. The molecule has 0 atom stereocenters.